The average molecular weight is 250 g/mol. The third-order valence-electron chi connectivity index (χ3n) is 3.14. The first-order valence-electron chi connectivity index (χ1n) is 6.90. The van der Waals surface area contributed by atoms with E-state index in [1.807, 2.05) is 20.0 Å². The highest BCUT2D eigenvalue weighted by molar-refractivity contribution is 5.46. The van der Waals surface area contributed by atoms with Crippen molar-refractivity contribution in [2.75, 3.05) is 17.2 Å². The Bertz CT molecular complexity index is 365. The maximum absolute atomic E-state index is 4.50. The van der Waals surface area contributed by atoms with Gasteiger partial charge in [-0.1, -0.05) is 20.3 Å². The minimum absolute atomic E-state index is 0.433. The fourth-order valence-corrected chi connectivity index (χ4v) is 1.89. The summed E-state index contributed by atoms with van der Waals surface area (Å²) >= 11 is 0. The van der Waals surface area contributed by atoms with Gasteiger partial charge in [-0.2, -0.15) is 4.98 Å². The second-order valence-corrected chi connectivity index (χ2v) is 5.05. The lowest BCUT2D eigenvalue weighted by Crippen LogP contribution is -2.20. The standard InChI is InChI=1S/C14H26N4/c1-6-10(3)8-12(5)17-13-11(4)9-16-14(18-13)15-7-2/h9-10,12H,6-8H2,1-5H3,(H2,15,16,17,18). The van der Waals surface area contributed by atoms with Gasteiger partial charge in [-0.05, 0) is 33.1 Å². The Kier molecular flexibility index (Phi) is 5.89. The van der Waals surface area contributed by atoms with Crippen LogP contribution in [0.15, 0.2) is 6.20 Å². The summed E-state index contributed by atoms with van der Waals surface area (Å²) in [6.45, 7) is 11.6. The van der Waals surface area contributed by atoms with Gasteiger partial charge in [0, 0.05) is 24.3 Å². The van der Waals surface area contributed by atoms with Gasteiger partial charge < -0.3 is 10.6 Å². The first-order chi connectivity index (χ1) is 8.56. The van der Waals surface area contributed by atoms with Crippen LogP contribution in [0.4, 0.5) is 11.8 Å². The van der Waals surface area contributed by atoms with Crippen LogP contribution in [0.3, 0.4) is 0 Å². The van der Waals surface area contributed by atoms with Gasteiger partial charge in [0.15, 0.2) is 0 Å². The van der Waals surface area contributed by atoms with Crippen molar-refractivity contribution in [2.45, 2.75) is 53.5 Å². The molecule has 0 aliphatic carbocycles. The summed E-state index contributed by atoms with van der Waals surface area (Å²) in [7, 11) is 0. The molecule has 0 saturated heterocycles. The SMILES string of the molecule is CCNc1ncc(C)c(NC(C)CC(C)CC)n1. The Morgan fingerprint density at radius 1 is 1.28 bits per heavy atom. The van der Waals surface area contributed by atoms with Crippen LogP contribution in [-0.4, -0.2) is 22.6 Å². The zero-order valence-corrected chi connectivity index (χ0v) is 12.2. The summed E-state index contributed by atoms with van der Waals surface area (Å²) in [5.74, 6) is 2.38. The molecule has 1 heterocycles. The maximum atomic E-state index is 4.50. The maximum Gasteiger partial charge on any atom is 0.224 e. The van der Waals surface area contributed by atoms with E-state index in [2.05, 4.69) is 41.4 Å². The van der Waals surface area contributed by atoms with E-state index < -0.39 is 0 Å². The smallest absolute Gasteiger partial charge is 0.224 e. The van der Waals surface area contributed by atoms with E-state index in [0.717, 1.165) is 30.3 Å². The van der Waals surface area contributed by atoms with Crippen LogP contribution in [0.5, 0.6) is 0 Å². The normalized spacial score (nSPS) is 14.1. The number of rotatable bonds is 7. The van der Waals surface area contributed by atoms with Crippen molar-refractivity contribution in [3.63, 3.8) is 0 Å². The van der Waals surface area contributed by atoms with Crippen LogP contribution in [-0.2, 0) is 0 Å². The summed E-state index contributed by atoms with van der Waals surface area (Å²) in [4.78, 5) is 8.75. The van der Waals surface area contributed by atoms with E-state index in [-0.39, 0.29) is 0 Å². The molecular formula is C14H26N4. The van der Waals surface area contributed by atoms with Crippen molar-refractivity contribution < 1.29 is 0 Å². The van der Waals surface area contributed by atoms with Crippen molar-refractivity contribution in [1.29, 1.82) is 0 Å². The molecule has 0 aromatic carbocycles. The number of nitrogens with one attached hydrogen (secondary N) is 2. The lowest BCUT2D eigenvalue weighted by molar-refractivity contribution is 0.483. The molecule has 1 rings (SSSR count). The van der Waals surface area contributed by atoms with Crippen molar-refractivity contribution in [3.8, 4) is 0 Å². The minimum Gasteiger partial charge on any atom is -0.367 e. The van der Waals surface area contributed by atoms with Gasteiger partial charge in [-0.25, -0.2) is 4.98 Å². The van der Waals surface area contributed by atoms with E-state index in [1.54, 1.807) is 0 Å². The largest absolute Gasteiger partial charge is 0.367 e. The van der Waals surface area contributed by atoms with Gasteiger partial charge >= 0.3 is 0 Å². The Labute approximate surface area is 111 Å². The van der Waals surface area contributed by atoms with Gasteiger partial charge in [-0.3, -0.25) is 0 Å². The Hall–Kier alpha value is -1.32. The predicted octanol–water partition coefficient (Wildman–Crippen LogP) is 3.45. The molecule has 18 heavy (non-hydrogen) atoms. The summed E-state index contributed by atoms with van der Waals surface area (Å²) in [6, 6.07) is 0.433. The first-order valence-corrected chi connectivity index (χ1v) is 6.90. The van der Waals surface area contributed by atoms with Crippen LogP contribution < -0.4 is 10.6 Å². The molecule has 2 atom stereocenters. The van der Waals surface area contributed by atoms with E-state index in [0.29, 0.717) is 12.0 Å². The molecule has 0 amide bonds. The molecule has 4 heteroatoms. The highest BCUT2D eigenvalue weighted by Crippen LogP contribution is 2.17. The van der Waals surface area contributed by atoms with Gasteiger partial charge in [0.2, 0.25) is 5.95 Å². The lowest BCUT2D eigenvalue weighted by Gasteiger charge is -2.19. The van der Waals surface area contributed by atoms with E-state index in [1.165, 1.54) is 6.42 Å². The molecular weight excluding hydrogens is 224 g/mol. The molecule has 0 aliphatic rings. The van der Waals surface area contributed by atoms with Crippen LogP contribution in [0.1, 0.15) is 46.1 Å². The summed E-state index contributed by atoms with van der Waals surface area (Å²) < 4.78 is 0. The monoisotopic (exact) mass is 250 g/mol. The molecule has 0 bridgehead atoms. The first kappa shape index (κ1) is 14.7. The van der Waals surface area contributed by atoms with Crippen LogP contribution >= 0.6 is 0 Å². The van der Waals surface area contributed by atoms with Crippen molar-refractivity contribution >= 4 is 11.8 Å². The molecule has 102 valence electrons. The summed E-state index contributed by atoms with van der Waals surface area (Å²) in [6.07, 6.45) is 4.25. The molecule has 0 saturated carbocycles. The minimum atomic E-state index is 0.433. The zero-order chi connectivity index (χ0) is 13.5. The second-order valence-electron chi connectivity index (χ2n) is 5.05. The molecule has 0 fully saturated rings. The Morgan fingerprint density at radius 2 is 2.00 bits per heavy atom. The van der Waals surface area contributed by atoms with Crippen LogP contribution in [0.2, 0.25) is 0 Å². The molecule has 2 N–H and O–H groups in total. The number of aromatic nitrogens is 2. The third-order valence-corrected chi connectivity index (χ3v) is 3.14. The predicted molar refractivity (Wildman–Crippen MR) is 78.1 cm³/mol. The molecule has 1 aromatic rings. The third kappa shape index (κ3) is 4.51. The van der Waals surface area contributed by atoms with E-state index in [4.69, 9.17) is 0 Å². The number of anilines is 2. The molecule has 1 aromatic heterocycles. The summed E-state index contributed by atoms with van der Waals surface area (Å²) in [5, 5.41) is 6.62. The van der Waals surface area contributed by atoms with Gasteiger partial charge in [0.25, 0.3) is 0 Å². The van der Waals surface area contributed by atoms with Crippen molar-refractivity contribution in [3.05, 3.63) is 11.8 Å². The fraction of sp³-hybridized carbons (Fsp3) is 0.714. The summed E-state index contributed by atoms with van der Waals surface area (Å²) in [5.41, 5.74) is 1.09. The highest BCUT2D eigenvalue weighted by atomic mass is 15.1. The number of hydrogen-bond acceptors (Lipinski definition) is 4. The zero-order valence-electron chi connectivity index (χ0n) is 12.2. The number of aryl methyl sites for hydroxylation is 1. The van der Waals surface area contributed by atoms with Gasteiger partial charge in [0.1, 0.15) is 5.82 Å². The molecule has 2 unspecified atom stereocenters. The van der Waals surface area contributed by atoms with Crippen LogP contribution in [0, 0.1) is 12.8 Å². The van der Waals surface area contributed by atoms with Crippen LogP contribution in [0.25, 0.3) is 0 Å². The Balaban J connectivity index is 2.67. The second kappa shape index (κ2) is 7.19. The lowest BCUT2D eigenvalue weighted by atomic mass is 10.0. The average Bonchev–Trinajstić information content (AvgIpc) is 2.33. The highest BCUT2D eigenvalue weighted by Gasteiger charge is 2.10. The topological polar surface area (TPSA) is 49.8 Å². The van der Waals surface area contributed by atoms with Crippen molar-refractivity contribution in [1.82, 2.24) is 9.97 Å². The van der Waals surface area contributed by atoms with Crippen molar-refractivity contribution in [2.24, 2.45) is 5.92 Å². The molecule has 4 nitrogen and oxygen atoms in total. The Morgan fingerprint density at radius 3 is 2.61 bits per heavy atom. The van der Waals surface area contributed by atoms with Gasteiger partial charge in [-0.15, -0.1) is 0 Å². The number of nitrogens with zero attached hydrogens (tertiary/aromatic N) is 2. The van der Waals surface area contributed by atoms with E-state index >= 15 is 0 Å². The number of hydrogen-bond donors (Lipinski definition) is 2. The molecule has 0 radical (unpaired) electrons. The van der Waals surface area contributed by atoms with E-state index in [9.17, 15) is 0 Å². The molecule has 0 spiro atoms. The quantitative estimate of drug-likeness (QED) is 0.778. The van der Waals surface area contributed by atoms with Gasteiger partial charge in [0.05, 0.1) is 0 Å². The molecule has 0 aliphatic heterocycles. The fourth-order valence-electron chi connectivity index (χ4n) is 1.89.